The lowest BCUT2D eigenvalue weighted by atomic mass is 10.0. The van der Waals surface area contributed by atoms with E-state index in [1.807, 2.05) is 0 Å². The minimum absolute atomic E-state index is 0.0189. The Kier molecular flexibility index (Phi) is 4.97. The van der Waals surface area contributed by atoms with Crippen molar-refractivity contribution in [3.63, 3.8) is 0 Å². The normalized spacial score (nSPS) is 13.0. The minimum Gasteiger partial charge on any atom is -0.337 e. The zero-order valence-corrected chi connectivity index (χ0v) is 13.9. The molecule has 0 aliphatic heterocycles. The molecule has 4 nitrogen and oxygen atoms in total. The number of hydrogen-bond donors (Lipinski definition) is 1. The van der Waals surface area contributed by atoms with Crippen molar-refractivity contribution in [1.82, 2.24) is 10.1 Å². The third-order valence-corrected chi connectivity index (χ3v) is 3.96. The minimum atomic E-state index is -4.68. The fourth-order valence-electron chi connectivity index (χ4n) is 2.35. The molecule has 0 amide bonds. The van der Waals surface area contributed by atoms with E-state index in [9.17, 15) is 17.6 Å². The predicted molar refractivity (Wildman–Crippen MR) is 86.8 cm³/mol. The van der Waals surface area contributed by atoms with Crippen molar-refractivity contribution in [2.75, 3.05) is 0 Å². The second-order valence-corrected chi connectivity index (χ2v) is 6.00. The second-order valence-electron chi connectivity index (χ2n) is 5.59. The van der Waals surface area contributed by atoms with Crippen LogP contribution in [-0.2, 0) is 12.6 Å². The van der Waals surface area contributed by atoms with Crippen LogP contribution in [0.1, 0.15) is 23.3 Å². The van der Waals surface area contributed by atoms with Crippen molar-refractivity contribution >= 4 is 11.6 Å². The van der Waals surface area contributed by atoms with Crippen LogP contribution in [-0.4, -0.2) is 10.1 Å². The molecule has 1 atom stereocenters. The smallest absolute Gasteiger partial charge is 0.337 e. The molecule has 26 heavy (non-hydrogen) atoms. The summed E-state index contributed by atoms with van der Waals surface area (Å²) in [7, 11) is 0. The first kappa shape index (κ1) is 18.3. The number of alkyl halides is 3. The largest absolute Gasteiger partial charge is 0.455 e. The van der Waals surface area contributed by atoms with Crippen LogP contribution in [0.4, 0.5) is 17.6 Å². The van der Waals surface area contributed by atoms with Gasteiger partial charge in [0.1, 0.15) is 5.82 Å². The standard InChI is InChI=1S/C17H12ClF4N3O/c18-12-8-11(5-6-13(12)19)10-3-1-9(2-4-10)7-14(23)15-24-16(25-26-15)17(20,21)22/h1-6,8,14H,7,23H2/t14-/m1/s1. The summed E-state index contributed by atoms with van der Waals surface area (Å²) in [6.45, 7) is 0. The molecular weight excluding hydrogens is 374 g/mol. The van der Waals surface area contributed by atoms with E-state index in [1.54, 1.807) is 30.3 Å². The molecule has 0 bridgehead atoms. The highest BCUT2D eigenvalue weighted by Crippen LogP contribution is 2.28. The Labute approximate surface area is 150 Å². The Morgan fingerprint density at radius 3 is 2.31 bits per heavy atom. The van der Waals surface area contributed by atoms with E-state index >= 15 is 0 Å². The molecule has 3 rings (SSSR count). The number of rotatable bonds is 4. The molecule has 1 aromatic heterocycles. The van der Waals surface area contributed by atoms with Crippen molar-refractivity contribution in [2.24, 2.45) is 5.73 Å². The molecule has 9 heteroatoms. The van der Waals surface area contributed by atoms with E-state index in [-0.39, 0.29) is 17.3 Å². The molecule has 0 spiro atoms. The van der Waals surface area contributed by atoms with Crippen LogP contribution in [0.5, 0.6) is 0 Å². The summed E-state index contributed by atoms with van der Waals surface area (Å²) in [4.78, 5) is 3.28. The zero-order chi connectivity index (χ0) is 18.9. The number of hydrogen-bond acceptors (Lipinski definition) is 4. The quantitative estimate of drug-likeness (QED) is 0.656. The van der Waals surface area contributed by atoms with Crippen LogP contribution in [0.3, 0.4) is 0 Å². The maximum absolute atomic E-state index is 13.2. The molecular formula is C17H12ClF4N3O. The topological polar surface area (TPSA) is 64.9 Å². The van der Waals surface area contributed by atoms with Gasteiger partial charge in [0.2, 0.25) is 5.89 Å². The average molecular weight is 386 g/mol. The monoisotopic (exact) mass is 385 g/mol. The molecule has 0 aliphatic carbocycles. The summed E-state index contributed by atoms with van der Waals surface area (Å²) in [5.41, 5.74) is 8.15. The number of nitrogens with two attached hydrogens (primary N) is 1. The molecule has 136 valence electrons. The first-order valence-corrected chi connectivity index (χ1v) is 7.82. The SMILES string of the molecule is N[C@H](Cc1ccc(-c2ccc(F)c(Cl)c2)cc1)c1nc(C(F)(F)F)no1. The van der Waals surface area contributed by atoms with Crippen LogP contribution >= 0.6 is 11.6 Å². The molecule has 0 fully saturated rings. The lowest BCUT2D eigenvalue weighted by molar-refractivity contribution is -0.146. The van der Waals surface area contributed by atoms with Crippen LogP contribution < -0.4 is 5.73 Å². The van der Waals surface area contributed by atoms with Crippen LogP contribution in [0.25, 0.3) is 11.1 Å². The summed E-state index contributed by atoms with van der Waals surface area (Å²) < 4.78 is 55.3. The molecule has 2 aromatic carbocycles. The predicted octanol–water partition coefficient (Wildman–Crippen LogP) is 4.79. The Morgan fingerprint density at radius 1 is 1.08 bits per heavy atom. The van der Waals surface area contributed by atoms with E-state index in [0.717, 1.165) is 16.7 Å². The van der Waals surface area contributed by atoms with Gasteiger partial charge in [-0.25, -0.2) is 4.39 Å². The van der Waals surface area contributed by atoms with Gasteiger partial charge in [-0.05, 0) is 35.2 Å². The highest BCUT2D eigenvalue weighted by Gasteiger charge is 2.37. The summed E-state index contributed by atoms with van der Waals surface area (Å²) in [5.74, 6) is -2.14. The maximum Gasteiger partial charge on any atom is 0.455 e. The van der Waals surface area contributed by atoms with Crippen LogP contribution in [0.2, 0.25) is 5.02 Å². The Balaban J connectivity index is 1.72. The van der Waals surface area contributed by atoms with Gasteiger partial charge in [-0.1, -0.05) is 47.1 Å². The Hall–Kier alpha value is -2.45. The lowest BCUT2D eigenvalue weighted by Crippen LogP contribution is -2.15. The molecule has 0 unspecified atom stereocenters. The van der Waals surface area contributed by atoms with Crippen molar-refractivity contribution in [3.8, 4) is 11.1 Å². The average Bonchev–Trinajstić information content (AvgIpc) is 3.09. The van der Waals surface area contributed by atoms with Crippen LogP contribution in [0.15, 0.2) is 47.0 Å². The first-order chi connectivity index (χ1) is 12.2. The van der Waals surface area contributed by atoms with Crippen molar-refractivity contribution < 1.29 is 22.1 Å². The van der Waals surface area contributed by atoms with E-state index in [2.05, 4.69) is 14.7 Å². The number of nitrogens with zero attached hydrogens (tertiary/aromatic N) is 2. The molecule has 0 aliphatic rings. The van der Waals surface area contributed by atoms with Gasteiger partial charge in [0.05, 0.1) is 11.1 Å². The number of aromatic nitrogens is 2. The summed E-state index contributed by atoms with van der Waals surface area (Å²) in [6, 6.07) is 10.6. The molecule has 0 saturated carbocycles. The summed E-state index contributed by atoms with van der Waals surface area (Å²) in [5, 5.41) is 2.90. The van der Waals surface area contributed by atoms with Crippen molar-refractivity contribution in [1.29, 1.82) is 0 Å². The van der Waals surface area contributed by atoms with Gasteiger partial charge in [0, 0.05) is 0 Å². The number of benzene rings is 2. The van der Waals surface area contributed by atoms with E-state index < -0.39 is 23.9 Å². The summed E-state index contributed by atoms with van der Waals surface area (Å²) in [6.07, 6.45) is -4.47. The van der Waals surface area contributed by atoms with Crippen molar-refractivity contribution in [2.45, 2.75) is 18.6 Å². The third kappa shape index (κ3) is 4.03. The highest BCUT2D eigenvalue weighted by atomic mass is 35.5. The van der Waals surface area contributed by atoms with E-state index in [1.165, 1.54) is 12.1 Å². The van der Waals surface area contributed by atoms with Gasteiger partial charge in [0.25, 0.3) is 5.82 Å². The van der Waals surface area contributed by atoms with Gasteiger partial charge >= 0.3 is 6.18 Å². The van der Waals surface area contributed by atoms with Gasteiger partial charge in [-0.15, -0.1) is 0 Å². The Morgan fingerprint density at radius 2 is 1.73 bits per heavy atom. The fraction of sp³-hybridized carbons (Fsp3) is 0.176. The van der Waals surface area contributed by atoms with Gasteiger partial charge in [-0.2, -0.15) is 18.2 Å². The van der Waals surface area contributed by atoms with Crippen LogP contribution in [0, 0.1) is 5.82 Å². The molecule has 0 radical (unpaired) electrons. The van der Waals surface area contributed by atoms with Crippen molar-refractivity contribution in [3.05, 3.63) is 70.6 Å². The highest BCUT2D eigenvalue weighted by molar-refractivity contribution is 6.31. The lowest BCUT2D eigenvalue weighted by Gasteiger charge is -2.08. The van der Waals surface area contributed by atoms with Gasteiger partial charge in [-0.3, -0.25) is 0 Å². The Bertz CT molecular complexity index is 909. The maximum atomic E-state index is 13.2. The third-order valence-electron chi connectivity index (χ3n) is 3.67. The van der Waals surface area contributed by atoms with Gasteiger partial charge in [0.15, 0.2) is 0 Å². The number of halogens is 5. The fourth-order valence-corrected chi connectivity index (χ4v) is 2.53. The zero-order valence-electron chi connectivity index (χ0n) is 13.1. The van der Waals surface area contributed by atoms with E-state index in [0.29, 0.717) is 0 Å². The molecule has 3 aromatic rings. The van der Waals surface area contributed by atoms with E-state index in [4.69, 9.17) is 17.3 Å². The first-order valence-electron chi connectivity index (χ1n) is 7.45. The summed E-state index contributed by atoms with van der Waals surface area (Å²) >= 11 is 5.77. The second kappa shape index (κ2) is 7.05. The van der Waals surface area contributed by atoms with Gasteiger partial charge < -0.3 is 10.3 Å². The molecule has 0 saturated heterocycles. The molecule has 1 heterocycles. The molecule has 2 N–H and O–H groups in total.